The second-order valence-electron chi connectivity index (χ2n) is 3.83. The molecule has 0 aliphatic rings. The van der Waals surface area contributed by atoms with Crippen molar-refractivity contribution in [1.82, 2.24) is 4.98 Å². The van der Waals surface area contributed by atoms with Crippen LogP contribution in [0.1, 0.15) is 20.8 Å². The molecule has 1 amide bonds. The van der Waals surface area contributed by atoms with Gasteiger partial charge in [0.15, 0.2) is 5.69 Å². The Morgan fingerprint density at radius 2 is 1.75 bits per heavy atom. The summed E-state index contributed by atoms with van der Waals surface area (Å²) < 4.78 is 26.0. The standard InChI is InChI=1S/C13H8F2N2O3/c14-8-4-7(5-9(15)6-8)12(18)17-11-3-1-2-10(16-11)13(19)20/h1-6H,(H,19,20)(H,16,17,18). The number of carbonyl (C=O) groups excluding carboxylic acids is 1. The van der Waals surface area contributed by atoms with Gasteiger partial charge in [-0.05, 0) is 24.3 Å². The summed E-state index contributed by atoms with van der Waals surface area (Å²) in [6.07, 6.45) is 0. The molecule has 0 fully saturated rings. The molecule has 0 aliphatic heterocycles. The number of benzene rings is 1. The quantitative estimate of drug-likeness (QED) is 0.903. The van der Waals surface area contributed by atoms with Crippen LogP contribution in [-0.2, 0) is 0 Å². The van der Waals surface area contributed by atoms with Crippen LogP contribution in [0.5, 0.6) is 0 Å². The number of aromatic nitrogens is 1. The third-order valence-corrected chi connectivity index (χ3v) is 2.33. The fourth-order valence-corrected chi connectivity index (χ4v) is 1.50. The molecule has 0 radical (unpaired) electrons. The number of hydrogen-bond donors (Lipinski definition) is 2. The second kappa shape index (κ2) is 5.43. The zero-order valence-corrected chi connectivity index (χ0v) is 9.93. The van der Waals surface area contributed by atoms with E-state index < -0.39 is 23.5 Å². The topological polar surface area (TPSA) is 79.3 Å². The van der Waals surface area contributed by atoms with Crippen LogP contribution in [-0.4, -0.2) is 22.0 Å². The van der Waals surface area contributed by atoms with Gasteiger partial charge in [-0.2, -0.15) is 0 Å². The average Bonchev–Trinajstić information content (AvgIpc) is 2.37. The summed E-state index contributed by atoms with van der Waals surface area (Å²) in [6.45, 7) is 0. The Bertz CT molecular complexity index is 669. The molecule has 5 nitrogen and oxygen atoms in total. The molecule has 0 aliphatic carbocycles. The van der Waals surface area contributed by atoms with Crippen molar-refractivity contribution in [2.45, 2.75) is 0 Å². The largest absolute Gasteiger partial charge is 0.477 e. The number of carboxylic acids is 1. The summed E-state index contributed by atoms with van der Waals surface area (Å²) in [5, 5.41) is 11.0. The lowest BCUT2D eigenvalue weighted by atomic mass is 10.2. The number of pyridine rings is 1. The van der Waals surface area contributed by atoms with Crippen molar-refractivity contribution in [2.24, 2.45) is 0 Å². The van der Waals surface area contributed by atoms with Gasteiger partial charge in [-0.15, -0.1) is 0 Å². The average molecular weight is 278 g/mol. The molecule has 0 saturated heterocycles. The van der Waals surface area contributed by atoms with Crippen molar-refractivity contribution >= 4 is 17.7 Å². The number of hydrogen-bond acceptors (Lipinski definition) is 3. The summed E-state index contributed by atoms with van der Waals surface area (Å²) in [4.78, 5) is 26.2. The Balaban J connectivity index is 2.23. The van der Waals surface area contributed by atoms with Gasteiger partial charge in [0, 0.05) is 11.6 Å². The van der Waals surface area contributed by atoms with E-state index >= 15 is 0 Å². The third-order valence-electron chi connectivity index (χ3n) is 2.33. The Morgan fingerprint density at radius 1 is 1.10 bits per heavy atom. The summed E-state index contributed by atoms with van der Waals surface area (Å²) in [6, 6.07) is 6.36. The van der Waals surface area contributed by atoms with Crippen molar-refractivity contribution in [1.29, 1.82) is 0 Å². The predicted octanol–water partition coefficient (Wildman–Crippen LogP) is 2.31. The molecule has 0 bridgehead atoms. The van der Waals surface area contributed by atoms with Crippen LogP contribution in [0, 0.1) is 11.6 Å². The molecule has 7 heteroatoms. The molecular formula is C13H8F2N2O3. The smallest absolute Gasteiger partial charge is 0.354 e. The van der Waals surface area contributed by atoms with Crippen LogP contribution in [0.25, 0.3) is 0 Å². The molecule has 2 aromatic rings. The van der Waals surface area contributed by atoms with Gasteiger partial charge in [0.25, 0.3) is 5.91 Å². The third kappa shape index (κ3) is 3.14. The maximum absolute atomic E-state index is 13.0. The summed E-state index contributed by atoms with van der Waals surface area (Å²) in [5.41, 5.74) is -0.488. The highest BCUT2D eigenvalue weighted by Gasteiger charge is 2.11. The number of carboxylic acid groups (broad SMARTS) is 1. The highest BCUT2D eigenvalue weighted by molar-refractivity contribution is 6.04. The van der Waals surface area contributed by atoms with Crippen molar-refractivity contribution in [3.05, 3.63) is 59.3 Å². The Morgan fingerprint density at radius 3 is 2.35 bits per heavy atom. The number of carbonyl (C=O) groups is 2. The van der Waals surface area contributed by atoms with Gasteiger partial charge in [0.2, 0.25) is 0 Å². The van der Waals surface area contributed by atoms with E-state index in [2.05, 4.69) is 10.3 Å². The van der Waals surface area contributed by atoms with E-state index in [1.54, 1.807) is 0 Å². The van der Waals surface area contributed by atoms with Crippen LogP contribution < -0.4 is 5.32 Å². The number of rotatable bonds is 3. The molecule has 1 aromatic heterocycles. The first kappa shape index (κ1) is 13.6. The Labute approximate surface area is 111 Å². The maximum atomic E-state index is 13.0. The number of nitrogens with one attached hydrogen (secondary N) is 1. The van der Waals surface area contributed by atoms with Crippen molar-refractivity contribution < 1.29 is 23.5 Å². The van der Waals surface area contributed by atoms with E-state index in [-0.39, 0.29) is 17.1 Å². The molecule has 2 N–H and O–H groups in total. The minimum absolute atomic E-state index is 0.0282. The normalized spacial score (nSPS) is 10.1. The van der Waals surface area contributed by atoms with Crippen LogP contribution in [0.15, 0.2) is 36.4 Å². The molecule has 0 atom stereocenters. The summed E-state index contributed by atoms with van der Waals surface area (Å²) in [5.74, 6) is -3.85. The zero-order valence-electron chi connectivity index (χ0n) is 9.93. The lowest BCUT2D eigenvalue weighted by Crippen LogP contribution is -2.14. The van der Waals surface area contributed by atoms with Crippen molar-refractivity contribution in [3.8, 4) is 0 Å². The van der Waals surface area contributed by atoms with Gasteiger partial charge in [-0.25, -0.2) is 18.6 Å². The Kier molecular flexibility index (Phi) is 3.69. The first-order valence-corrected chi connectivity index (χ1v) is 5.43. The molecular weight excluding hydrogens is 270 g/mol. The van der Waals surface area contributed by atoms with E-state index in [1.165, 1.54) is 18.2 Å². The van der Waals surface area contributed by atoms with Gasteiger partial charge in [-0.3, -0.25) is 4.79 Å². The number of aromatic carboxylic acids is 1. The van der Waals surface area contributed by atoms with E-state index in [1.807, 2.05) is 0 Å². The van der Waals surface area contributed by atoms with E-state index in [4.69, 9.17) is 5.11 Å². The molecule has 20 heavy (non-hydrogen) atoms. The molecule has 2 rings (SSSR count). The SMILES string of the molecule is O=C(Nc1cccc(C(=O)O)n1)c1cc(F)cc(F)c1. The lowest BCUT2D eigenvalue weighted by Gasteiger charge is -2.05. The van der Waals surface area contributed by atoms with E-state index in [0.717, 1.165) is 12.1 Å². The van der Waals surface area contributed by atoms with Crippen LogP contribution >= 0.6 is 0 Å². The summed E-state index contributed by atoms with van der Waals surface area (Å²) in [7, 11) is 0. The highest BCUT2D eigenvalue weighted by atomic mass is 19.1. The molecule has 0 saturated carbocycles. The fraction of sp³-hybridized carbons (Fsp3) is 0. The van der Waals surface area contributed by atoms with Gasteiger partial charge in [-0.1, -0.05) is 6.07 Å². The van der Waals surface area contributed by atoms with E-state index in [9.17, 15) is 18.4 Å². The molecule has 102 valence electrons. The monoisotopic (exact) mass is 278 g/mol. The number of nitrogens with zero attached hydrogens (tertiary/aromatic N) is 1. The molecule has 0 spiro atoms. The van der Waals surface area contributed by atoms with Gasteiger partial charge in [0.05, 0.1) is 0 Å². The second-order valence-corrected chi connectivity index (χ2v) is 3.83. The summed E-state index contributed by atoms with van der Waals surface area (Å²) >= 11 is 0. The van der Waals surface area contributed by atoms with Gasteiger partial charge >= 0.3 is 5.97 Å². The van der Waals surface area contributed by atoms with Crippen molar-refractivity contribution in [3.63, 3.8) is 0 Å². The minimum atomic E-state index is -1.25. The number of amides is 1. The molecule has 0 unspecified atom stereocenters. The lowest BCUT2D eigenvalue weighted by molar-refractivity contribution is 0.0690. The molecule has 1 aromatic carbocycles. The fourth-order valence-electron chi connectivity index (χ4n) is 1.50. The number of halogens is 2. The highest BCUT2D eigenvalue weighted by Crippen LogP contribution is 2.11. The van der Waals surface area contributed by atoms with Crippen LogP contribution in [0.4, 0.5) is 14.6 Å². The number of anilines is 1. The predicted molar refractivity (Wildman–Crippen MR) is 65.5 cm³/mol. The molecule has 1 heterocycles. The van der Waals surface area contributed by atoms with Crippen LogP contribution in [0.3, 0.4) is 0 Å². The first-order valence-electron chi connectivity index (χ1n) is 5.43. The van der Waals surface area contributed by atoms with E-state index in [0.29, 0.717) is 6.07 Å². The minimum Gasteiger partial charge on any atom is -0.477 e. The van der Waals surface area contributed by atoms with Gasteiger partial charge < -0.3 is 10.4 Å². The van der Waals surface area contributed by atoms with Gasteiger partial charge in [0.1, 0.15) is 17.5 Å². The van der Waals surface area contributed by atoms with Crippen molar-refractivity contribution in [2.75, 3.05) is 5.32 Å². The maximum Gasteiger partial charge on any atom is 0.354 e. The van der Waals surface area contributed by atoms with Crippen LogP contribution in [0.2, 0.25) is 0 Å². The first-order chi connectivity index (χ1) is 9.45. The Hall–Kier alpha value is -2.83. The zero-order chi connectivity index (χ0) is 14.7.